The Morgan fingerprint density at radius 1 is 0.833 bits per heavy atom. The highest BCUT2D eigenvalue weighted by Gasteiger charge is 2.33. The Hall–Kier alpha value is -4.59. The van der Waals surface area contributed by atoms with Crippen molar-refractivity contribution in [3.05, 3.63) is 114 Å². The number of amides is 3. The van der Waals surface area contributed by atoms with Crippen LogP contribution in [-0.2, 0) is 22.6 Å². The van der Waals surface area contributed by atoms with Crippen LogP contribution in [0.5, 0.6) is 0 Å². The number of rotatable bonds is 10. The van der Waals surface area contributed by atoms with Crippen LogP contribution in [0.4, 0.5) is 5.69 Å². The van der Waals surface area contributed by atoms with Gasteiger partial charge in [-0.15, -0.1) is 0 Å². The molecule has 2 aromatic heterocycles. The number of nitrogens with zero attached hydrogens (tertiary/aromatic N) is 1. The number of anilines is 1. The van der Waals surface area contributed by atoms with Crippen molar-refractivity contribution in [3.8, 4) is 0 Å². The van der Waals surface area contributed by atoms with Gasteiger partial charge in [-0.1, -0.05) is 49.4 Å². The van der Waals surface area contributed by atoms with Gasteiger partial charge in [0.25, 0.3) is 5.91 Å². The third-order valence-electron chi connectivity index (χ3n) is 5.68. The lowest BCUT2D eigenvalue weighted by molar-refractivity contribution is -0.126. The summed E-state index contributed by atoms with van der Waals surface area (Å²) in [4.78, 5) is 41.0. The summed E-state index contributed by atoms with van der Waals surface area (Å²) in [5.74, 6) is -0.680. The van der Waals surface area contributed by atoms with Crippen LogP contribution in [0, 0.1) is 0 Å². The standard InChI is InChI=1S/C28H27N3O5/c1-2-20-12-14-22(15-13-20)31(25(32)19-30-27(33)24-11-7-17-36-24)26(21-8-4-3-5-9-21)28(34)29-18-23-10-6-16-35-23/h3-17,26H,2,18-19H2,1H3,(H,29,34)(H,30,33)/t26-/m0/s1. The van der Waals surface area contributed by atoms with E-state index in [-0.39, 0.29) is 24.8 Å². The summed E-state index contributed by atoms with van der Waals surface area (Å²) in [5.41, 5.74) is 2.25. The monoisotopic (exact) mass is 485 g/mol. The second kappa shape index (κ2) is 11.7. The number of carbonyl (C=O) groups is 3. The van der Waals surface area contributed by atoms with Crippen molar-refractivity contribution < 1.29 is 23.2 Å². The van der Waals surface area contributed by atoms with Crippen LogP contribution in [0.15, 0.2) is 100 Å². The third kappa shape index (κ3) is 5.90. The molecule has 2 aromatic carbocycles. The molecule has 8 heteroatoms. The van der Waals surface area contributed by atoms with Crippen molar-refractivity contribution in [2.45, 2.75) is 25.9 Å². The molecule has 0 bridgehead atoms. The first-order valence-electron chi connectivity index (χ1n) is 11.6. The molecule has 184 valence electrons. The van der Waals surface area contributed by atoms with Gasteiger partial charge in [0.15, 0.2) is 5.76 Å². The zero-order valence-corrected chi connectivity index (χ0v) is 19.8. The number of hydrogen-bond acceptors (Lipinski definition) is 5. The second-order valence-electron chi connectivity index (χ2n) is 8.05. The van der Waals surface area contributed by atoms with E-state index in [1.165, 1.54) is 23.5 Å². The van der Waals surface area contributed by atoms with Gasteiger partial charge in [-0.05, 0) is 53.9 Å². The zero-order chi connectivity index (χ0) is 25.3. The zero-order valence-electron chi connectivity index (χ0n) is 19.8. The van der Waals surface area contributed by atoms with Gasteiger partial charge >= 0.3 is 0 Å². The van der Waals surface area contributed by atoms with Gasteiger partial charge in [0, 0.05) is 5.69 Å². The number of benzene rings is 2. The van der Waals surface area contributed by atoms with Crippen molar-refractivity contribution in [2.75, 3.05) is 11.4 Å². The maximum atomic E-state index is 13.6. The lowest BCUT2D eigenvalue weighted by atomic mass is 10.0. The summed E-state index contributed by atoms with van der Waals surface area (Å²) in [6, 6.07) is 22.1. The molecule has 0 radical (unpaired) electrons. The van der Waals surface area contributed by atoms with E-state index in [2.05, 4.69) is 10.6 Å². The quantitative estimate of drug-likeness (QED) is 0.349. The highest BCUT2D eigenvalue weighted by atomic mass is 16.3. The Kier molecular flexibility index (Phi) is 7.97. The minimum Gasteiger partial charge on any atom is -0.467 e. The smallest absolute Gasteiger partial charge is 0.287 e. The first-order chi connectivity index (χ1) is 17.6. The molecule has 0 fully saturated rings. The molecule has 0 aliphatic rings. The molecule has 3 amide bonds. The van der Waals surface area contributed by atoms with Gasteiger partial charge in [-0.2, -0.15) is 0 Å². The van der Waals surface area contributed by atoms with Crippen LogP contribution in [0.1, 0.15) is 40.4 Å². The molecule has 0 aliphatic heterocycles. The molecule has 0 saturated carbocycles. The van der Waals surface area contributed by atoms with Crippen molar-refractivity contribution in [1.82, 2.24) is 10.6 Å². The van der Waals surface area contributed by atoms with Gasteiger partial charge in [0.2, 0.25) is 11.8 Å². The van der Waals surface area contributed by atoms with E-state index in [0.29, 0.717) is 17.0 Å². The lowest BCUT2D eigenvalue weighted by Crippen LogP contribution is -2.47. The molecule has 4 aromatic rings. The molecule has 1 atom stereocenters. The topological polar surface area (TPSA) is 105 Å². The molecule has 8 nitrogen and oxygen atoms in total. The van der Waals surface area contributed by atoms with E-state index in [1.54, 1.807) is 42.5 Å². The minimum absolute atomic E-state index is 0.0949. The molecular formula is C28H27N3O5. The van der Waals surface area contributed by atoms with Crippen LogP contribution in [-0.4, -0.2) is 24.3 Å². The maximum Gasteiger partial charge on any atom is 0.287 e. The highest BCUT2D eigenvalue weighted by molar-refractivity contribution is 6.04. The number of aryl methyl sites for hydroxylation is 1. The molecule has 0 aliphatic carbocycles. The summed E-state index contributed by atoms with van der Waals surface area (Å²) < 4.78 is 10.4. The fourth-order valence-electron chi connectivity index (χ4n) is 3.80. The lowest BCUT2D eigenvalue weighted by Gasteiger charge is -2.31. The fraction of sp³-hybridized carbons (Fsp3) is 0.179. The van der Waals surface area contributed by atoms with Crippen LogP contribution >= 0.6 is 0 Å². The Morgan fingerprint density at radius 2 is 1.56 bits per heavy atom. The SMILES string of the molecule is CCc1ccc(N(C(=O)CNC(=O)c2ccco2)[C@H](C(=O)NCc2ccco2)c2ccccc2)cc1. The van der Waals surface area contributed by atoms with E-state index in [4.69, 9.17) is 8.83 Å². The molecule has 36 heavy (non-hydrogen) atoms. The summed E-state index contributed by atoms with van der Waals surface area (Å²) in [6.07, 6.45) is 3.75. The molecule has 2 N–H and O–H groups in total. The fourth-order valence-corrected chi connectivity index (χ4v) is 3.80. The van der Waals surface area contributed by atoms with Gasteiger partial charge < -0.3 is 19.5 Å². The van der Waals surface area contributed by atoms with Gasteiger partial charge in [0.1, 0.15) is 11.8 Å². The Morgan fingerprint density at radius 3 is 2.19 bits per heavy atom. The Labute approximate surface area is 208 Å². The molecule has 0 saturated heterocycles. The number of carbonyl (C=O) groups excluding carboxylic acids is 3. The Bertz CT molecular complexity index is 1270. The van der Waals surface area contributed by atoms with Crippen LogP contribution in [0.3, 0.4) is 0 Å². The molecular weight excluding hydrogens is 458 g/mol. The van der Waals surface area contributed by atoms with E-state index < -0.39 is 17.9 Å². The van der Waals surface area contributed by atoms with E-state index in [9.17, 15) is 14.4 Å². The summed E-state index contributed by atoms with van der Waals surface area (Å²) >= 11 is 0. The average molecular weight is 486 g/mol. The van der Waals surface area contributed by atoms with Gasteiger partial charge in [-0.3, -0.25) is 19.3 Å². The molecule has 2 heterocycles. The molecule has 0 spiro atoms. The van der Waals surface area contributed by atoms with Crippen LogP contribution in [0.25, 0.3) is 0 Å². The van der Waals surface area contributed by atoms with E-state index in [0.717, 1.165) is 12.0 Å². The predicted octanol–water partition coefficient (Wildman–Crippen LogP) is 4.26. The number of hydrogen-bond donors (Lipinski definition) is 2. The predicted molar refractivity (Wildman–Crippen MR) is 134 cm³/mol. The van der Waals surface area contributed by atoms with Crippen molar-refractivity contribution in [2.24, 2.45) is 0 Å². The van der Waals surface area contributed by atoms with Crippen molar-refractivity contribution in [3.63, 3.8) is 0 Å². The summed E-state index contributed by atoms with van der Waals surface area (Å²) in [7, 11) is 0. The van der Waals surface area contributed by atoms with Crippen molar-refractivity contribution in [1.29, 1.82) is 0 Å². The maximum absolute atomic E-state index is 13.6. The van der Waals surface area contributed by atoms with E-state index in [1.807, 2.05) is 37.3 Å². The summed E-state index contributed by atoms with van der Waals surface area (Å²) in [5, 5.41) is 5.46. The first kappa shape index (κ1) is 24.5. The second-order valence-corrected chi connectivity index (χ2v) is 8.05. The van der Waals surface area contributed by atoms with Crippen LogP contribution in [0.2, 0.25) is 0 Å². The molecule has 4 rings (SSSR count). The largest absolute Gasteiger partial charge is 0.467 e. The average Bonchev–Trinajstić information content (AvgIpc) is 3.64. The normalized spacial score (nSPS) is 11.5. The van der Waals surface area contributed by atoms with Gasteiger partial charge in [0.05, 0.1) is 25.6 Å². The molecule has 0 unspecified atom stereocenters. The van der Waals surface area contributed by atoms with E-state index >= 15 is 0 Å². The van der Waals surface area contributed by atoms with Gasteiger partial charge in [-0.25, -0.2) is 0 Å². The first-order valence-corrected chi connectivity index (χ1v) is 11.6. The number of nitrogens with one attached hydrogen (secondary N) is 2. The third-order valence-corrected chi connectivity index (χ3v) is 5.68. The van der Waals surface area contributed by atoms with Crippen LogP contribution < -0.4 is 15.5 Å². The number of furan rings is 2. The van der Waals surface area contributed by atoms with Crippen molar-refractivity contribution >= 4 is 23.4 Å². The Balaban J connectivity index is 1.66. The summed E-state index contributed by atoms with van der Waals surface area (Å²) in [6.45, 7) is 1.88. The highest BCUT2D eigenvalue weighted by Crippen LogP contribution is 2.28. The minimum atomic E-state index is -0.985.